The van der Waals surface area contributed by atoms with Gasteiger partial charge in [0.25, 0.3) is 0 Å². The first kappa shape index (κ1) is 12.1. The number of hydrogen-bond acceptors (Lipinski definition) is 2. The van der Waals surface area contributed by atoms with Crippen molar-refractivity contribution in [3.63, 3.8) is 0 Å². The molecule has 0 aliphatic heterocycles. The number of methoxy groups -OCH3 is 1. The topological polar surface area (TPSA) is 26.3 Å². The van der Waals surface area contributed by atoms with Crippen LogP contribution in [-0.4, -0.2) is 19.5 Å². The first-order valence-electron chi connectivity index (χ1n) is 6.61. The van der Waals surface area contributed by atoms with Gasteiger partial charge in [0.1, 0.15) is 6.29 Å². The molecule has 0 heterocycles. The zero-order valence-corrected chi connectivity index (χ0v) is 10.7. The molecule has 2 fully saturated rings. The molecule has 2 heteroatoms. The van der Waals surface area contributed by atoms with Crippen molar-refractivity contribution in [3.05, 3.63) is 0 Å². The van der Waals surface area contributed by atoms with Crippen LogP contribution in [0.15, 0.2) is 0 Å². The van der Waals surface area contributed by atoms with Gasteiger partial charge in [-0.1, -0.05) is 20.3 Å². The van der Waals surface area contributed by atoms with E-state index >= 15 is 0 Å². The van der Waals surface area contributed by atoms with E-state index in [-0.39, 0.29) is 5.92 Å². The summed E-state index contributed by atoms with van der Waals surface area (Å²) >= 11 is 0. The fraction of sp³-hybridized carbons (Fsp3) is 0.929. The molecular weight excluding hydrogens is 200 g/mol. The summed E-state index contributed by atoms with van der Waals surface area (Å²) in [5.74, 6) is 1.47. The number of aldehydes is 1. The van der Waals surface area contributed by atoms with Crippen molar-refractivity contribution in [2.75, 3.05) is 7.11 Å². The molecule has 2 rings (SSSR count). The first-order valence-corrected chi connectivity index (χ1v) is 6.61. The molecule has 0 N–H and O–H groups in total. The molecule has 92 valence electrons. The lowest BCUT2D eigenvalue weighted by Crippen LogP contribution is -2.42. The molecule has 2 aliphatic carbocycles. The Morgan fingerprint density at radius 2 is 2.12 bits per heavy atom. The molecule has 2 aliphatic rings. The highest BCUT2D eigenvalue weighted by Gasteiger charge is 2.52. The minimum atomic E-state index is 0.214. The normalized spacial score (nSPS) is 45.1. The summed E-state index contributed by atoms with van der Waals surface area (Å²) in [5.41, 5.74) is 0.346. The van der Waals surface area contributed by atoms with Gasteiger partial charge in [-0.25, -0.2) is 0 Å². The van der Waals surface area contributed by atoms with E-state index in [9.17, 15) is 4.79 Å². The van der Waals surface area contributed by atoms with Gasteiger partial charge < -0.3 is 9.53 Å². The zero-order valence-electron chi connectivity index (χ0n) is 10.7. The molecule has 2 nitrogen and oxygen atoms in total. The van der Waals surface area contributed by atoms with Crippen LogP contribution < -0.4 is 0 Å². The lowest BCUT2D eigenvalue weighted by Gasteiger charge is -2.45. The Hall–Kier alpha value is -0.370. The van der Waals surface area contributed by atoms with E-state index in [2.05, 4.69) is 13.8 Å². The van der Waals surface area contributed by atoms with Gasteiger partial charge >= 0.3 is 0 Å². The monoisotopic (exact) mass is 224 g/mol. The van der Waals surface area contributed by atoms with Gasteiger partial charge in [0, 0.05) is 13.0 Å². The van der Waals surface area contributed by atoms with Crippen molar-refractivity contribution < 1.29 is 9.53 Å². The number of rotatable bonds is 3. The molecule has 0 amide bonds. The number of carbonyl (C=O) groups is 1. The minimum absolute atomic E-state index is 0.214. The lowest BCUT2D eigenvalue weighted by molar-refractivity contribution is -0.115. The van der Waals surface area contributed by atoms with Gasteiger partial charge in [0.05, 0.1) is 6.10 Å². The smallest absolute Gasteiger partial charge is 0.123 e. The van der Waals surface area contributed by atoms with Crippen LogP contribution in [0.25, 0.3) is 0 Å². The highest BCUT2D eigenvalue weighted by molar-refractivity contribution is 5.53. The second kappa shape index (κ2) is 4.48. The average molecular weight is 224 g/mol. The number of hydrogen-bond donors (Lipinski definition) is 0. The van der Waals surface area contributed by atoms with Gasteiger partial charge in [0.15, 0.2) is 0 Å². The van der Waals surface area contributed by atoms with E-state index in [1.807, 2.05) is 7.11 Å². The van der Waals surface area contributed by atoms with Crippen LogP contribution in [0.1, 0.15) is 46.0 Å². The fourth-order valence-electron chi connectivity index (χ4n) is 4.40. The van der Waals surface area contributed by atoms with E-state index in [1.165, 1.54) is 32.1 Å². The van der Waals surface area contributed by atoms with Gasteiger partial charge in [-0.2, -0.15) is 0 Å². The molecule has 16 heavy (non-hydrogen) atoms. The van der Waals surface area contributed by atoms with Crippen LogP contribution in [0, 0.1) is 23.2 Å². The molecular formula is C14H24O2. The van der Waals surface area contributed by atoms with Crippen molar-refractivity contribution in [2.45, 2.75) is 52.1 Å². The summed E-state index contributed by atoms with van der Waals surface area (Å²) in [4.78, 5) is 11.0. The third kappa shape index (κ3) is 1.71. The SMILES string of the molecule is COC1CCCC2(C)C1CCC2[C@@H](C)C=O. The summed E-state index contributed by atoms with van der Waals surface area (Å²) in [6, 6.07) is 0. The maximum absolute atomic E-state index is 11.0. The second-order valence-corrected chi connectivity index (χ2v) is 5.96. The van der Waals surface area contributed by atoms with Gasteiger partial charge in [-0.3, -0.25) is 0 Å². The van der Waals surface area contributed by atoms with Crippen LogP contribution in [0.2, 0.25) is 0 Å². The Balaban J connectivity index is 2.20. The molecule has 0 spiro atoms. The van der Waals surface area contributed by atoms with Gasteiger partial charge in [-0.15, -0.1) is 0 Å². The van der Waals surface area contributed by atoms with E-state index in [4.69, 9.17) is 4.74 Å². The minimum Gasteiger partial charge on any atom is -0.381 e. The van der Waals surface area contributed by atoms with Crippen LogP contribution in [0.3, 0.4) is 0 Å². The molecule has 0 radical (unpaired) electrons. The maximum Gasteiger partial charge on any atom is 0.123 e. The Morgan fingerprint density at radius 3 is 2.75 bits per heavy atom. The maximum atomic E-state index is 11.0. The highest BCUT2D eigenvalue weighted by atomic mass is 16.5. The molecule has 5 atom stereocenters. The van der Waals surface area contributed by atoms with Gasteiger partial charge in [-0.05, 0) is 42.9 Å². The Labute approximate surface area is 98.7 Å². The van der Waals surface area contributed by atoms with Crippen molar-refractivity contribution in [2.24, 2.45) is 23.2 Å². The summed E-state index contributed by atoms with van der Waals surface area (Å²) in [5, 5.41) is 0. The summed E-state index contributed by atoms with van der Waals surface area (Å²) in [7, 11) is 1.84. The summed E-state index contributed by atoms with van der Waals surface area (Å²) in [6.45, 7) is 4.47. The summed E-state index contributed by atoms with van der Waals surface area (Å²) in [6.07, 6.45) is 7.78. The molecule has 0 aromatic heterocycles. The predicted molar refractivity (Wildman–Crippen MR) is 64.2 cm³/mol. The molecule has 2 saturated carbocycles. The molecule has 0 aromatic rings. The van der Waals surface area contributed by atoms with E-state index in [0.717, 1.165) is 6.29 Å². The largest absolute Gasteiger partial charge is 0.381 e. The highest BCUT2D eigenvalue weighted by Crippen LogP contribution is 2.57. The standard InChI is InChI=1S/C14H24O2/c1-10(9-15)11-6-7-12-13(16-3)5-4-8-14(11,12)2/h9-13H,4-8H2,1-3H3/t10-,11?,12?,13?,14?/m0/s1. The quantitative estimate of drug-likeness (QED) is 0.689. The molecule has 0 saturated heterocycles. The van der Waals surface area contributed by atoms with Crippen molar-refractivity contribution >= 4 is 6.29 Å². The Kier molecular flexibility index (Phi) is 3.39. The van der Waals surface area contributed by atoms with Crippen LogP contribution in [-0.2, 0) is 9.53 Å². The Bertz CT molecular complexity index is 263. The van der Waals surface area contributed by atoms with Crippen molar-refractivity contribution in [1.82, 2.24) is 0 Å². The third-order valence-corrected chi connectivity index (χ3v) is 5.29. The Morgan fingerprint density at radius 1 is 1.38 bits per heavy atom. The second-order valence-electron chi connectivity index (χ2n) is 5.96. The van der Waals surface area contributed by atoms with E-state index in [1.54, 1.807) is 0 Å². The van der Waals surface area contributed by atoms with Crippen molar-refractivity contribution in [3.8, 4) is 0 Å². The number of carbonyl (C=O) groups excluding carboxylic acids is 1. The number of fused-ring (bicyclic) bond motifs is 1. The summed E-state index contributed by atoms with van der Waals surface area (Å²) < 4.78 is 5.64. The van der Waals surface area contributed by atoms with Gasteiger partial charge in [0.2, 0.25) is 0 Å². The molecule has 0 bridgehead atoms. The van der Waals surface area contributed by atoms with Crippen LogP contribution >= 0.6 is 0 Å². The van der Waals surface area contributed by atoms with Crippen molar-refractivity contribution in [1.29, 1.82) is 0 Å². The average Bonchev–Trinajstić information content (AvgIpc) is 2.64. The third-order valence-electron chi connectivity index (χ3n) is 5.29. The molecule has 0 aromatic carbocycles. The van der Waals surface area contributed by atoms with E-state index < -0.39 is 0 Å². The number of ether oxygens (including phenoxy) is 1. The molecule has 4 unspecified atom stereocenters. The first-order chi connectivity index (χ1) is 7.63. The zero-order chi connectivity index (χ0) is 11.8. The predicted octanol–water partition coefficient (Wildman–Crippen LogP) is 3.05. The van der Waals surface area contributed by atoms with Crippen LogP contribution in [0.5, 0.6) is 0 Å². The lowest BCUT2D eigenvalue weighted by atomic mass is 9.62. The van der Waals surface area contributed by atoms with Crippen LogP contribution in [0.4, 0.5) is 0 Å². The fourth-order valence-corrected chi connectivity index (χ4v) is 4.40. The van der Waals surface area contributed by atoms with E-state index in [0.29, 0.717) is 23.4 Å².